The van der Waals surface area contributed by atoms with E-state index in [2.05, 4.69) is 31.0 Å². The van der Waals surface area contributed by atoms with E-state index in [4.69, 9.17) is 0 Å². The summed E-state index contributed by atoms with van der Waals surface area (Å²) in [5.41, 5.74) is 0.475. The van der Waals surface area contributed by atoms with Gasteiger partial charge in [0.05, 0.1) is 0 Å². The fourth-order valence-corrected chi connectivity index (χ4v) is 5.40. The maximum atomic E-state index is 3.90. The van der Waals surface area contributed by atoms with Gasteiger partial charge in [-0.25, -0.2) is 0 Å². The minimum atomic E-state index is 0.475. The number of rotatable bonds is 4. The van der Waals surface area contributed by atoms with Crippen molar-refractivity contribution in [2.75, 3.05) is 19.6 Å². The molecule has 0 spiro atoms. The molecule has 1 saturated heterocycles. The van der Waals surface area contributed by atoms with Crippen molar-refractivity contribution in [2.45, 2.75) is 84.2 Å². The number of nitrogens with one attached hydrogen (secondary N) is 1. The van der Waals surface area contributed by atoms with E-state index in [1.165, 1.54) is 71.0 Å². The summed E-state index contributed by atoms with van der Waals surface area (Å²) in [5, 5.41) is 3.90. The van der Waals surface area contributed by atoms with Crippen LogP contribution in [0.1, 0.15) is 72.1 Å². The Morgan fingerprint density at radius 2 is 1.81 bits per heavy atom. The Hall–Kier alpha value is -0.0800. The minimum absolute atomic E-state index is 0.475. The van der Waals surface area contributed by atoms with Gasteiger partial charge in [-0.2, -0.15) is 0 Å². The van der Waals surface area contributed by atoms with Gasteiger partial charge < -0.3 is 5.32 Å². The maximum absolute atomic E-state index is 3.90. The summed E-state index contributed by atoms with van der Waals surface area (Å²) in [7, 11) is 0. The normalized spacial score (nSPS) is 40.1. The van der Waals surface area contributed by atoms with Crippen molar-refractivity contribution in [2.24, 2.45) is 17.3 Å². The zero-order valence-corrected chi connectivity index (χ0v) is 14.5. The zero-order chi connectivity index (χ0) is 14.9. The van der Waals surface area contributed by atoms with Crippen molar-refractivity contribution in [1.82, 2.24) is 10.2 Å². The summed E-state index contributed by atoms with van der Waals surface area (Å²) in [6.07, 6.45) is 11.5. The molecule has 0 aromatic rings. The molecule has 1 N–H and O–H groups in total. The number of fused-ring (bicyclic) bond motifs is 1. The molecule has 0 aromatic heterocycles. The second-order valence-electron chi connectivity index (χ2n) is 8.61. The average Bonchev–Trinajstić information content (AvgIpc) is 2.79. The molecule has 0 amide bonds. The van der Waals surface area contributed by atoms with E-state index in [9.17, 15) is 0 Å². The van der Waals surface area contributed by atoms with Crippen LogP contribution in [-0.4, -0.2) is 36.6 Å². The van der Waals surface area contributed by atoms with Gasteiger partial charge in [0.2, 0.25) is 0 Å². The minimum Gasteiger partial charge on any atom is -0.312 e. The lowest BCUT2D eigenvalue weighted by molar-refractivity contribution is 0.0429. The van der Waals surface area contributed by atoms with Crippen LogP contribution in [0, 0.1) is 17.3 Å². The molecule has 2 aliphatic carbocycles. The van der Waals surface area contributed by atoms with E-state index in [0.29, 0.717) is 11.5 Å². The highest BCUT2D eigenvalue weighted by Crippen LogP contribution is 2.43. The van der Waals surface area contributed by atoms with Crippen LogP contribution in [0.3, 0.4) is 0 Å². The summed E-state index contributed by atoms with van der Waals surface area (Å²) < 4.78 is 0. The predicted molar refractivity (Wildman–Crippen MR) is 90.5 cm³/mol. The third-order valence-corrected chi connectivity index (χ3v) is 6.72. The fraction of sp³-hybridized carbons (Fsp3) is 1.00. The Morgan fingerprint density at radius 1 is 1.05 bits per heavy atom. The lowest BCUT2D eigenvalue weighted by Crippen LogP contribution is -2.55. The van der Waals surface area contributed by atoms with Crippen LogP contribution in [0.2, 0.25) is 0 Å². The van der Waals surface area contributed by atoms with Gasteiger partial charge in [0.15, 0.2) is 0 Å². The predicted octanol–water partition coefficient (Wildman–Crippen LogP) is 4.06. The molecule has 1 aliphatic heterocycles. The highest BCUT2D eigenvalue weighted by atomic mass is 15.2. The molecular formula is C19H36N2. The Kier molecular flexibility index (Phi) is 4.95. The standard InChI is InChI=1S/C19H36N2/c1-4-12-20-18-17(9-11-19(18,2)3)21-13-10-15-7-5-6-8-16(15)14-21/h15-18,20H,4-14H2,1-3H3. The summed E-state index contributed by atoms with van der Waals surface area (Å²) in [5.74, 6) is 2.08. The second-order valence-corrected chi connectivity index (χ2v) is 8.61. The number of hydrogen-bond acceptors (Lipinski definition) is 2. The van der Waals surface area contributed by atoms with Crippen LogP contribution in [0.4, 0.5) is 0 Å². The molecule has 0 radical (unpaired) electrons. The van der Waals surface area contributed by atoms with E-state index in [1.54, 1.807) is 0 Å². The van der Waals surface area contributed by atoms with E-state index in [0.717, 1.165) is 17.9 Å². The third-order valence-electron chi connectivity index (χ3n) is 6.72. The van der Waals surface area contributed by atoms with Gasteiger partial charge in [-0.1, -0.05) is 40.0 Å². The molecule has 2 nitrogen and oxygen atoms in total. The van der Waals surface area contributed by atoms with Gasteiger partial charge in [-0.15, -0.1) is 0 Å². The van der Waals surface area contributed by atoms with Crippen LogP contribution >= 0.6 is 0 Å². The van der Waals surface area contributed by atoms with Crippen molar-refractivity contribution in [3.05, 3.63) is 0 Å². The van der Waals surface area contributed by atoms with E-state index in [1.807, 2.05) is 0 Å². The summed E-state index contributed by atoms with van der Waals surface area (Å²) in [4.78, 5) is 2.88. The first-order valence-electron chi connectivity index (χ1n) is 9.59. The molecular weight excluding hydrogens is 256 g/mol. The van der Waals surface area contributed by atoms with Crippen LogP contribution in [0.25, 0.3) is 0 Å². The molecule has 1 heterocycles. The van der Waals surface area contributed by atoms with E-state index in [-0.39, 0.29) is 0 Å². The first kappa shape index (κ1) is 15.8. The van der Waals surface area contributed by atoms with E-state index >= 15 is 0 Å². The molecule has 4 unspecified atom stereocenters. The maximum Gasteiger partial charge on any atom is 0.0274 e. The Morgan fingerprint density at radius 3 is 2.57 bits per heavy atom. The summed E-state index contributed by atoms with van der Waals surface area (Å²) >= 11 is 0. The van der Waals surface area contributed by atoms with Gasteiger partial charge in [0.25, 0.3) is 0 Å². The molecule has 3 fully saturated rings. The summed E-state index contributed by atoms with van der Waals surface area (Å²) in [6.45, 7) is 11.2. The van der Waals surface area contributed by atoms with Crippen LogP contribution in [0.5, 0.6) is 0 Å². The van der Waals surface area contributed by atoms with Crippen molar-refractivity contribution in [1.29, 1.82) is 0 Å². The monoisotopic (exact) mass is 292 g/mol. The van der Waals surface area contributed by atoms with Crippen LogP contribution in [0.15, 0.2) is 0 Å². The van der Waals surface area contributed by atoms with Gasteiger partial charge in [0, 0.05) is 18.6 Å². The molecule has 21 heavy (non-hydrogen) atoms. The van der Waals surface area contributed by atoms with Crippen molar-refractivity contribution in [3.63, 3.8) is 0 Å². The highest BCUT2D eigenvalue weighted by molar-refractivity contribution is 5.02. The SMILES string of the molecule is CCCNC1C(N2CCC3CCCCC3C2)CCC1(C)C. The largest absolute Gasteiger partial charge is 0.312 e. The zero-order valence-electron chi connectivity index (χ0n) is 14.5. The van der Waals surface area contributed by atoms with Gasteiger partial charge in [-0.05, 0) is 62.4 Å². The smallest absolute Gasteiger partial charge is 0.0274 e. The fourth-order valence-electron chi connectivity index (χ4n) is 5.40. The highest BCUT2D eigenvalue weighted by Gasteiger charge is 2.45. The van der Waals surface area contributed by atoms with Crippen molar-refractivity contribution in [3.8, 4) is 0 Å². The number of likely N-dealkylation sites (tertiary alicyclic amines) is 1. The molecule has 3 rings (SSSR count). The topological polar surface area (TPSA) is 15.3 Å². The Bertz CT molecular complexity index is 338. The van der Waals surface area contributed by atoms with Gasteiger partial charge in [-0.3, -0.25) is 4.90 Å². The first-order valence-corrected chi connectivity index (χ1v) is 9.59. The molecule has 0 bridgehead atoms. The molecule has 122 valence electrons. The lowest BCUT2D eigenvalue weighted by atomic mass is 9.74. The molecule has 0 aromatic carbocycles. The number of piperidine rings is 1. The third kappa shape index (κ3) is 3.32. The Balaban J connectivity index is 1.64. The average molecular weight is 293 g/mol. The molecule has 4 atom stereocenters. The first-order chi connectivity index (χ1) is 10.1. The molecule has 2 heteroatoms. The lowest BCUT2D eigenvalue weighted by Gasteiger charge is -2.46. The van der Waals surface area contributed by atoms with E-state index < -0.39 is 0 Å². The Labute approximate surface area is 132 Å². The molecule has 3 aliphatic rings. The van der Waals surface area contributed by atoms with Crippen LogP contribution in [-0.2, 0) is 0 Å². The quantitative estimate of drug-likeness (QED) is 0.841. The summed E-state index contributed by atoms with van der Waals surface area (Å²) in [6, 6.07) is 1.51. The number of hydrogen-bond donors (Lipinski definition) is 1. The van der Waals surface area contributed by atoms with Gasteiger partial charge >= 0.3 is 0 Å². The van der Waals surface area contributed by atoms with Crippen LogP contribution < -0.4 is 5.32 Å². The van der Waals surface area contributed by atoms with Crippen molar-refractivity contribution < 1.29 is 0 Å². The van der Waals surface area contributed by atoms with Crippen molar-refractivity contribution >= 4 is 0 Å². The second kappa shape index (κ2) is 6.58. The van der Waals surface area contributed by atoms with Gasteiger partial charge in [0.1, 0.15) is 0 Å². The molecule has 2 saturated carbocycles. The number of nitrogens with zero attached hydrogens (tertiary/aromatic N) is 1.